The molecule has 0 aliphatic rings. The highest BCUT2D eigenvalue weighted by atomic mass is 35.5. The predicted molar refractivity (Wildman–Crippen MR) is 50.8 cm³/mol. The van der Waals surface area contributed by atoms with Crippen molar-refractivity contribution >= 4 is 22.6 Å². The lowest BCUT2D eigenvalue weighted by molar-refractivity contribution is 0.399. The molecule has 5 heteroatoms. The Morgan fingerprint density at radius 1 is 1.29 bits per heavy atom. The smallest absolute Gasteiger partial charge is 0.211 e. The number of hydrogen-bond acceptors (Lipinski definition) is 4. The molecular weight excluding hydrogens is 208 g/mol. The van der Waals surface area contributed by atoms with Gasteiger partial charge in [0.1, 0.15) is 11.3 Å². The number of hydrogen-bond donors (Lipinski definition) is 2. The molecule has 0 saturated carbocycles. The van der Waals surface area contributed by atoms with Crippen LogP contribution in [0.15, 0.2) is 27.6 Å². The van der Waals surface area contributed by atoms with Crippen molar-refractivity contribution in [3.63, 3.8) is 0 Å². The summed E-state index contributed by atoms with van der Waals surface area (Å²) in [5.41, 5.74) is -0.511. The zero-order valence-electron chi connectivity index (χ0n) is 6.82. The average Bonchev–Trinajstić information content (AvgIpc) is 2.17. The molecule has 0 spiro atoms. The molecule has 2 aromatic rings. The van der Waals surface area contributed by atoms with Crippen LogP contribution in [-0.4, -0.2) is 10.2 Å². The van der Waals surface area contributed by atoms with E-state index in [-0.39, 0.29) is 21.7 Å². The van der Waals surface area contributed by atoms with Crippen molar-refractivity contribution < 1.29 is 14.6 Å². The molecule has 0 aliphatic carbocycles. The topological polar surface area (TPSA) is 70.7 Å². The number of phenolic OH excluding ortho intramolecular Hbond substituents is 2. The lowest BCUT2D eigenvalue weighted by Gasteiger charge is -2.01. The summed E-state index contributed by atoms with van der Waals surface area (Å²) < 4.78 is 4.89. The van der Waals surface area contributed by atoms with E-state index in [9.17, 15) is 9.90 Å². The molecule has 0 atom stereocenters. The van der Waals surface area contributed by atoms with Crippen molar-refractivity contribution in [1.29, 1.82) is 0 Å². The summed E-state index contributed by atoms with van der Waals surface area (Å²) in [6, 6.07) is 2.53. The number of fused-ring (bicyclic) bond motifs is 1. The number of halogens is 1. The summed E-state index contributed by atoms with van der Waals surface area (Å²) in [4.78, 5) is 11.4. The predicted octanol–water partition coefficient (Wildman–Crippen LogP) is 1.86. The molecule has 0 bridgehead atoms. The van der Waals surface area contributed by atoms with E-state index in [0.29, 0.717) is 0 Å². The molecule has 2 N–H and O–H groups in total. The third-order valence-electron chi connectivity index (χ3n) is 1.85. The van der Waals surface area contributed by atoms with Crippen molar-refractivity contribution in [3.05, 3.63) is 33.6 Å². The normalized spacial score (nSPS) is 10.6. The van der Waals surface area contributed by atoms with E-state index >= 15 is 0 Å². The second-order valence-corrected chi connectivity index (χ2v) is 3.13. The summed E-state index contributed by atoms with van der Waals surface area (Å²) >= 11 is 5.53. The van der Waals surface area contributed by atoms with Gasteiger partial charge in [-0.25, -0.2) is 0 Å². The van der Waals surface area contributed by atoms with Gasteiger partial charge in [-0.15, -0.1) is 0 Å². The van der Waals surface area contributed by atoms with Gasteiger partial charge in [0.05, 0.1) is 5.39 Å². The number of rotatable bonds is 0. The molecule has 0 aliphatic heterocycles. The largest absolute Gasteiger partial charge is 0.504 e. The Labute approximate surface area is 83.0 Å². The SMILES string of the molecule is O=c1c(Cl)coc2c(O)c(O)ccc12. The number of benzene rings is 1. The van der Waals surface area contributed by atoms with Crippen LogP contribution in [0.25, 0.3) is 11.0 Å². The second-order valence-electron chi connectivity index (χ2n) is 2.72. The molecule has 1 aromatic heterocycles. The van der Waals surface area contributed by atoms with Gasteiger partial charge in [-0.1, -0.05) is 11.6 Å². The Kier molecular flexibility index (Phi) is 1.86. The van der Waals surface area contributed by atoms with Gasteiger partial charge in [0.15, 0.2) is 11.3 Å². The lowest BCUT2D eigenvalue weighted by Crippen LogP contribution is -2.00. The molecule has 14 heavy (non-hydrogen) atoms. The Balaban J connectivity index is 3.02. The Hall–Kier alpha value is -1.68. The van der Waals surface area contributed by atoms with Crippen LogP contribution in [0.1, 0.15) is 0 Å². The zero-order valence-corrected chi connectivity index (χ0v) is 7.58. The molecule has 0 amide bonds. The van der Waals surface area contributed by atoms with Gasteiger partial charge in [-0.2, -0.15) is 0 Å². The average molecular weight is 213 g/mol. The molecular formula is C9H5ClO4. The van der Waals surface area contributed by atoms with Crippen molar-refractivity contribution in [1.82, 2.24) is 0 Å². The molecule has 72 valence electrons. The molecule has 1 heterocycles. The van der Waals surface area contributed by atoms with E-state index in [4.69, 9.17) is 21.1 Å². The molecule has 1 aromatic carbocycles. The van der Waals surface area contributed by atoms with Gasteiger partial charge in [-0.05, 0) is 12.1 Å². The molecule has 0 radical (unpaired) electrons. The zero-order chi connectivity index (χ0) is 10.3. The highest BCUT2D eigenvalue weighted by molar-refractivity contribution is 6.30. The van der Waals surface area contributed by atoms with Crippen LogP contribution in [0.5, 0.6) is 11.5 Å². The van der Waals surface area contributed by atoms with Gasteiger partial charge in [0.25, 0.3) is 0 Å². The van der Waals surface area contributed by atoms with E-state index < -0.39 is 11.2 Å². The van der Waals surface area contributed by atoms with Crippen LogP contribution in [0.2, 0.25) is 5.02 Å². The van der Waals surface area contributed by atoms with E-state index in [2.05, 4.69) is 0 Å². The maximum atomic E-state index is 11.4. The van der Waals surface area contributed by atoms with Gasteiger partial charge in [0.2, 0.25) is 11.2 Å². The number of aromatic hydroxyl groups is 2. The third-order valence-corrected chi connectivity index (χ3v) is 2.11. The molecule has 4 nitrogen and oxygen atoms in total. The Morgan fingerprint density at radius 3 is 2.71 bits per heavy atom. The highest BCUT2D eigenvalue weighted by Gasteiger charge is 2.11. The first kappa shape index (κ1) is 8.90. The highest BCUT2D eigenvalue weighted by Crippen LogP contribution is 2.32. The summed E-state index contributed by atoms with van der Waals surface area (Å²) in [5, 5.41) is 18.5. The van der Waals surface area contributed by atoms with E-state index in [0.717, 1.165) is 6.26 Å². The Bertz CT molecular complexity index is 558. The molecule has 0 fully saturated rings. The third kappa shape index (κ3) is 1.12. The Morgan fingerprint density at radius 2 is 2.00 bits per heavy atom. The monoisotopic (exact) mass is 212 g/mol. The maximum absolute atomic E-state index is 11.4. The van der Waals surface area contributed by atoms with E-state index in [1.807, 2.05) is 0 Å². The van der Waals surface area contributed by atoms with Crippen molar-refractivity contribution in [2.75, 3.05) is 0 Å². The first-order chi connectivity index (χ1) is 6.61. The molecule has 0 saturated heterocycles. The van der Waals surface area contributed by atoms with Crippen LogP contribution in [0, 0.1) is 0 Å². The minimum Gasteiger partial charge on any atom is -0.504 e. The van der Waals surface area contributed by atoms with Crippen LogP contribution in [-0.2, 0) is 0 Å². The van der Waals surface area contributed by atoms with Crippen LogP contribution in [0.3, 0.4) is 0 Å². The van der Waals surface area contributed by atoms with Crippen LogP contribution in [0.4, 0.5) is 0 Å². The van der Waals surface area contributed by atoms with Gasteiger partial charge in [0, 0.05) is 0 Å². The maximum Gasteiger partial charge on any atom is 0.211 e. The van der Waals surface area contributed by atoms with Gasteiger partial charge < -0.3 is 14.6 Å². The van der Waals surface area contributed by atoms with Gasteiger partial charge in [-0.3, -0.25) is 4.79 Å². The minimum absolute atomic E-state index is 0.0670. The first-order valence-electron chi connectivity index (χ1n) is 3.73. The van der Waals surface area contributed by atoms with E-state index in [1.54, 1.807) is 0 Å². The summed E-state index contributed by atoms with van der Waals surface area (Å²) in [6.45, 7) is 0. The molecule has 0 unspecified atom stereocenters. The van der Waals surface area contributed by atoms with Crippen molar-refractivity contribution in [3.8, 4) is 11.5 Å². The number of phenols is 2. The van der Waals surface area contributed by atoms with Crippen LogP contribution < -0.4 is 5.43 Å². The lowest BCUT2D eigenvalue weighted by atomic mass is 10.2. The second kappa shape index (κ2) is 2.92. The summed E-state index contributed by atoms with van der Waals surface area (Å²) in [7, 11) is 0. The van der Waals surface area contributed by atoms with E-state index in [1.165, 1.54) is 12.1 Å². The van der Waals surface area contributed by atoms with Crippen molar-refractivity contribution in [2.45, 2.75) is 0 Å². The molecule has 2 rings (SSSR count). The van der Waals surface area contributed by atoms with Gasteiger partial charge >= 0.3 is 0 Å². The fourth-order valence-corrected chi connectivity index (χ4v) is 1.30. The fourth-order valence-electron chi connectivity index (χ4n) is 1.15. The quantitative estimate of drug-likeness (QED) is 0.654. The fraction of sp³-hybridized carbons (Fsp3) is 0. The summed E-state index contributed by atoms with van der Waals surface area (Å²) in [5.74, 6) is -0.806. The van der Waals surface area contributed by atoms with Crippen molar-refractivity contribution in [2.24, 2.45) is 0 Å². The summed E-state index contributed by atoms with van der Waals surface area (Å²) in [6.07, 6.45) is 1.02. The minimum atomic E-state index is -0.462. The first-order valence-corrected chi connectivity index (χ1v) is 4.11. The standard InChI is InChI=1S/C9H5ClO4/c10-5-3-14-9-4(7(5)12)1-2-6(11)8(9)13/h1-3,11,13H. The van der Waals surface area contributed by atoms with Crippen LogP contribution >= 0.6 is 11.6 Å².